The molecule has 0 amide bonds. The van der Waals surface area contributed by atoms with Gasteiger partial charge in [0.15, 0.2) is 0 Å². The third-order valence-corrected chi connectivity index (χ3v) is 4.95. The molecule has 0 fully saturated rings. The number of aromatic amines is 1. The largest absolute Gasteiger partial charge is 0.363 e. The summed E-state index contributed by atoms with van der Waals surface area (Å²) in [4.78, 5) is 3.02. The zero-order valence-electron chi connectivity index (χ0n) is 11.9. The highest BCUT2D eigenvalue weighted by Crippen LogP contribution is 2.26. The van der Waals surface area contributed by atoms with Gasteiger partial charge in [-0.2, -0.15) is 0 Å². The zero-order chi connectivity index (χ0) is 15.5. The van der Waals surface area contributed by atoms with Crippen molar-refractivity contribution in [3.63, 3.8) is 0 Å². The number of aromatic nitrogens is 1. The van der Waals surface area contributed by atoms with Gasteiger partial charge < -0.3 is 10.3 Å². The highest BCUT2D eigenvalue weighted by molar-refractivity contribution is 7.92. The predicted octanol–water partition coefficient (Wildman–Crippen LogP) is 2.09. The molecule has 21 heavy (non-hydrogen) atoms. The SMILES string of the molecule is CCN(c1ccccc1F)S(=O)(=O)c1c[nH]c(CNC)c1. The minimum absolute atomic E-state index is 0.0522. The average Bonchev–Trinajstić information content (AvgIpc) is 2.91. The summed E-state index contributed by atoms with van der Waals surface area (Å²) in [6.45, 7) is 2.35. The monoisotopic (exact) mass is 311 g/mol. The first-order chi connectivity index (χ1) is 10.0. The van der Waals surface area contributed by atoms with Crippen LogP contribution in [0.5, 0.6) is 0 Å². The lowest BCUT2D eigenvalue weighted by Gasteiger charge is -2.22. The van der Waals surface area contributed by atoms with Gasteiger partial charge in [0.2, 0.25) is 0 Å². The molecule has 7 heteroatoms. The number of halogens is 1. The second-order valence-corrected chi connectivity index (χ2v) is 6.37. The Morgan fingerprint density at radius 2 is 2.05 bits per heavy atom. The maximum atomic E-state index is 13.9. The molecule has 0 saturated carbocycles. The molecule has 0 aliphatic heterocycles. The molecule has 0 aliphatic carbocycles. The molecule has 0 saturated heterocycles. The van der Waals surface area contributed by atoms with Crippen molar-refractivity contribution in [2.75, 3.05) is 17.9 Å². The molecule has 2 N–H and O–H groups in total. The van der Waals surface area contributed by atoms with Crippen LogP contribution in [0.3, 0.4) is 0 Å². The van der Waals surface area contributed by atoms with Crippen molar-refractivity contribution in [2.24, 2.45) is 0 Å². The van der Waals surface area contributed by atoms with Crippen LogP contribution in [-0.4, -0.2) is 27.0 Å². The van der Waals surface area contributed by atoms with Gasteiger partial charge in [-0.1, -0.05) is 12.1 Å². The summed E-state index contributed by atoms with van der Waals surface area (Å²) in [6.07, 6.45) is 1.42. The van der Waals surface area contributed by atoms with E-state index < -0.39 is 15.8 Å². The van der Waals surface area contributed by atoms with E-state index in [2.05, 4.69) is 10.3 Å². The number of H-pyrrole nitrogens is 1. The minimum atomic E-state index is -3.79. The number of anilines is 1. The Kier molecular flexibility index (Phi) is 4.64. The fourth-order valence-electron chi connectivity index (χ4n) is 2.11. The fraction of sp³-hybridized carbons (Fsp3) is 0.286. The highest BCUT2D eigenvalue weighted by Gasteiger charge is 2.26. The van der Waals surface area contributed by atoms with Crippen LogP contribution in [-0.2, 0) is 16.6 Å². The summed E-state index contributed by atoms with van der Waals surface area (Å²) in [7, 11) is -2.02. The summed E-state index contributed by atoms with van der Waals surface area (Å²) in [6, 6.07) is 7.39. The van der Waals surface area contributed by atoms with Crippen molar-refractivity contribution < 1.29 is 12.8 Å². The number of rotatable bonds is 6. The molecule has 1 aromatic heterocycles. The lowest BCUT2D eigenvalue weighted by Crippen LogP contribution is -2.31. The van der Waals surface area contributed by atoms with Crippen LogP contribution >= 0.6 is 0 Å². The number of para-hydroxylation sites is 1. The smallest absolute Gasteiger partial charge is 0.265 e. The first kappa shape index (κ1) is 15.5. The van der Waals surface area contributed by atoms with E-state index >= 15 is 0 Å². The van der Waals surface area contributed by atoms with Gasteiger partial charge in [0, 0.05) is 25.0 Å². The summed E-state index contributed by atoms with van der Waals surface area (Å²) in [5.74, 6) is -0.561. The van der Waals surface area contributed by atoms with E-state index in [0.717, 1.165) is 10.00 Å². The number of sulfonamides is 1. The molecular weight excluding hydrogens is 293 g/mol. The van der Waals surface area contributed by atoms with Crippen molar-refractivity contribution >= 4 is 15.7 Å². The van der Waals surface area contributed by atoms with Gasteiger partial charge in [-0.15, -0.1) is 0 Å². The van der Waals surface area contributed by atoms with E-state index in [0.29, 0.717) is 6.54 Å². The van der Waals surface area contributed by atoms with E-state index in [4.69, 9.17) is 0 Å². The van der Waals surface area contributed by atoms with Crippen molar-refractivity contribution in [1.29, 1.82) is 0 Å². The van der Waals surface area contributed by atoms with E-state index in [-0.39, 0.29) is 17.1 Å². The Morgan fingerprint density at radius 1 is 1.33 bits per heavy atom. The van der Waals surface area contributed by atoms with Crippen molar-refractivity contribution in [3.05, 3.63) is 48.0 Å². The van der Waals surface area contributed by atoms with Crippen LogP contribution in [0.15, 0.2) is 41.4 Å². The Morgan fingerprint density at radius 3 is 2.67 bits per heavy atom. The topological polar surface area (TPSA) is 65.2 Å². The molecule has 0 aliphatic rings. The molecule has 0 atom stereocenters. The van der Waals surface area contributed by atoms with E-state index in [1.165, 1.54) is 24.4 Å². The van der Waals surface area contributed by atoms with Gasteiger partial charge in [-0.25, -0.2) is 12.8 Å². The van der Waals surface area contributed by atoms with Gasteiger partial charge in [0.25, 0.3) is 10.0 Å². The first-order valence-electron chi connectivity index (χ1n) is 6.60. The lowest BCUT2D eigenvalue weighted by atomic mass is 10.3. The third kappa shape index (κ3) is 3.08. The lowest BCUT2D eigenvalue weighted by molar-refractivity contribution is 0.586. The molecule has 2 aromatic rings. The second-order valence-electron chi connectivity index (χ2n) is 4.51. The Balaban J connectivity index is 2.42. The third-order valence-electron chi connectivity index (χ3n) is 3.08. The first-order valence-corrected chi connectivity index (χ1v) is 8.04. The molecule has 2 rings (SSSR count). The maximum Gasteiger partial charge on any atom is 0.265 e. The number of hydrogen-bond acceptors (Lipinski definition) is 3. The number of hydrogen-bond donors (Lipinski definition) is 2. The normalized spacial score (nSPS) is 11.6. The molecule has 5 nitrogen and oxygen atoms in total. The van der Waals surface area contributed by atoms with Gasteiger partial charge in [-0.3, -0.25) is 4.31 Å². The van der Waals surface area contributed by atoms with Gasteiger partial charge in [-0.05, 0) is 32.2 Å². The quantitative estimate of drug-likeness (QED) is 0.858. The van der Waals surface area contributed by atoms with E-state index in [1.807, 2.05) is 0 Å². The number of nitrogens with zero attached hydrogens (tertiary/aromatic N) is 1. The van der Waals surface area contributed by atoms with Crippen LogP contribution in [0.1, 0.15) is 12.6 Å². The van der Waals surface area contributed by atoms with Crippen LogP contribution < -0.4 is 9.62 Å². The summed E-state index contributed by atoms with van der Waals surface area (Å²) in [5, 5.41) is 2.93. The maximum absolute atomic E-state index is 13.9. The fourth-order valence-corrected chi connectivity index (χ4v) is 3.61. The standard InChI is InChI=1S/C14H18FN3O2S/c1-3-18(14-7-5-4-6-13(14)15)21(19,20)12-8-11(9-16-2)17-10-12/h4-8,10,16-17H,3,9H2,1-2H3. The number of nitrogens with one attached hydrogen (secondary N) is 2. The summed E-state index contributed by atoms with van der Waals surface area (Å²) in [5.41, 5.74) is 0.803. The minimum Gasteiger partial charge on any atom is -0.363 e. The zero-order valence-corrected chi connectivity index (χ0v) is 12.7. The highest BCUT2D eigenvalue weighted by atomic mass is 32.2. The summed E-state index contributed by atoms with van der Waals surface area (Å²) < 4.78 is 40.2. The Labute approximate surface area is 123 Å². The Hall–Kier alpha value is -1.86. The summed E-state index contributed by atoms with van der Waals surface area (Å²) >= 11 is 0. The Bertz CT molecular complexity index is 713. The molecule has 0 bridgehead atoms. The average molecular weight is 311 g/mol. The number of benzene rings is 1. The van der Waals surface area contributed by atoms with Crippen LogP contribution in [0.25, 0.3) is 0 Å². The van der Waals surface area contributed by atoms with Crippen LogP contribution in [0, 0.1) is 5.82 Å². The van der Waals surface area contributed by atoms with Crippen molar-refractivity contribution in [3.8, 4) is 0 Å². The molecule has 1 aromatic carbocycles. The van der Waals surface area contributed by atoms with Gasteiger partial charge in [0.05, 0.1) is 5.69 Å². The van der Waals surface area contributed by atoms with Crippen molar-refractivity contribution in [2.45, 2.75) is 18.4 Å². The van der Waals surface area contributed by atoms with Crippen LogP contribution in [0.4, 0.5) is 10.1 Å². The second kappa shape index (κ2) is 6.28. The molecule has 0 radical (unpaired) electrons. The molecule has 114 valence electrons. The van der Waals surface area contributed by atoms with Gasteiger partial charge >= 0.3 is 0 Å². The molecule has 0 spiro atoms. The molecule has 1 heterocycles. The van der Waals surface area contributed by atoms with Crippen LogP contribution in [0.2, 0.25) is 0 Å². The van der Waals surface area contributed by atoms with Crippen molar-refractivity contribution in [1.82, 2.24) is 10.3 Å². The molecular formula is C14H18FN3O2S. The van der Waals surface area contributed by atoms with Gasteiger partial charge in [0.1, 0.15) is 10.7 Å². The predicted molar refractivity (Wildman–Crippen MR) is 80.2 cm³/mol. The molecule has 0 unspecified atom stereocenters. The van der Waals surface area contributed by atoms with E-state index in [1.54, 1.807) is 26.1 Å². The van der Waals surface area contributed by atoms with E-state index in [9.17, 15) is 12.8 Å².